The van der Waals surface area contributed by atoms with Gasteiger partial charge in [0.05, 0.1) is 12.1 Å². The summed E-state index contributed by atoms with van der Waals surface area (Å²) in [4.78, 5) is 11.3. The van der Waals surface area contributed by atoms with Crippen molar-refractivity contribution in [3.8, 4) is 0 Å². The number of carbonyl (C=O) groups is 1. The number of hydrogen-bond acceptors (Lipinski definition) is 3. The molecule has 15 heavy (non-hydrogen) atoms. The van der Waals surface area contributed by atoms with Crippen LogP contribution in [0, 0.1) is 5.41 Å². The van der Waals surface area contributed by atoms with Gasteiger partial charge < -0.3 is 16.2 Å². The standard InChI is InChI=1S/C11H22N2O2/c1-8(12)10(15)13-7-11(2)6-4-3-5-9(11)14/h8-9,14H,3-7,12H2,1-2H3,(H,13,15)/t8-,9?,11?/m0/s1. The molecular formula is C11H22N2O2. The lowest BCUT2D eigenvalue weighted by molar-refractivity contribution is -0.123. The Morgan fingerprint density at radius 3 is 2.87 bits per heavy atom. The normalized spacial score (nSPS) is 33.5. The van der Waals surface area contributed by atoms with Gasteiger partial charge in [0.1, 0.15) is 0 Å². The Labute approximate surface area is 91.2 Å². The van der Waals surface area contributed by atoms with Gasteiger partial charge in [-0.2, -0.15) is 0 Å². The van der Waals surface area contributed by atoms with Crippen molar-refractivity contribution in [1.29, 1.82) is 0 Å². The molecule has 0 aromatic rings. The van der Waals surface area contributed by atoms with Crippen LogP contribution < -0.4 is 11.1 Å². The zero-order valence-corrected chi connectivity index (χ0v) is 9.62. The van der Waals surface area contributed by atoms with Crippen LogP contribution in [0.2, 0.25) is 0 Å². The second-order valence-corrected chi connectivity index (χ2v) is 4.92. The number of aliphatic hydroxyl groups is 1. The molecule has 0 radical (unpaired) electrons. The molecule has 0 aromatic heterocycles. The fourth-order valence-corrected chi connectivity index (χ4v) is 2.04. The lowest BCUT2D eigenvalue weighted by Gasteiger charge is -2.38. The van der Waals surface area contributed by atoms with Crippen LogP contribution in [0.25, 0.3) is 0 Å². The Morgan fingerprint density at radius 1 is 1.67 bits per heavy atom. The molecular weight excluding hydrogens is 192 g/mol. The van der Waals surface area contributed by atoms with E-state index < -0.39 is 6.04 Å². The highest BCUT2D eigenvalue weighted by Gasteiger charge is 2.35. The molecule has 0 aliphatic heterocycles. The third kappa shape index (κ3) is 3.18. The first-order valence-corrected chi connectivity index (χ1v) is 5.67. The average molecular weight is 214 g/mol. The molecule has 0 spiro atoms. The number of nitrogens with one attached hydrogen (secondary N) is 1. The molecule has 1 rings (SSSR count). The van der Waals surface area contributed by atoms with Gasteiger partial charge in [-0.1, -0.05) is 19.8 Å². The molecule has 1 saturated carbocycles. The summed E-state index contributed by atoms with van der Waals surface area (Å²) in [5.74, 6) is -0.144. The molecule has 3 atom stereocenters. The predicted octanol–water partition coefficient (Wildman–Crippen LogP) is 0.391. The molecule has 0 bridgehead atoms. The van der Waals surface area contributed by atoms with Gasteiger partial charge in [0.15, 0.2) is 0 Å². The van der Waals surface area contributed by atoms with Gasteiger partial charge in [-0.25, -0.2) is 0 Å². The van der Waals surface area contributed by atoms with Crippen LogP contribution in [0.3, 0.4) is 0 Å². The van der Waals surface area contributed by atoms with Gasteiger partial charge in [-0.15, -0.1) is 0 Å². The summed E-state index contributed by atoms with van der Waals surface area (Å²) in [6.45, 7) is 4.21. The predicted molar refractivity (Wildman–Crippen MR) is 59.2 cm³/mol. The minimum atomic E-state index is -0.477. The molecule has 1 aliphatic carbocycles. The zero-order valence-electron chi connectivity index (χ0n) is 9.62. The molecule has 4 nitrogen and oxygen atoms in total. The molecule has 2 unspecified atom stereocenters. The molecule has 4 N–H and O–H groups in total. The zero-order chi connectivity index (χ0) is 11.5. The summed E-state index contributed by atoms with van der Waals surface area (Å²) >= 11 is 0. The fraction of sp³-hybridized carbons (Fsp3) is 0.909. The second kappa shape index (κ2) is 4.94. The van der Waals surface area contributed by atoms with Gasteiger partial charge in [0, 0.05) is 12.0 Å². The van der Waals surface area contributed by atoms with E-state index in [0.717, 1.165) is 25.7 Å². The Morgan fingerprint density at radius 2 is 2.33 bits per heavy atom. The largest absolute Gasteiger partial charge is 0.392 e. The van der Waals surface area contributed by atoms with Crippen molar-refractivity contribution in [3.63, 3.8) is 0 Å². The summed E-state index contributed by atoms with van der Waals surface area (Å²) in [6, 6.07) is -0.477. The van der Waals surface area contributed by atoms with E-state index in [1.807, 2.05) is 6.92 Å². The number of carbonyl (C=O) groups excluding carboxylic acids is 1. The molecule has 1 amide bonds. The maximum atomic E-state index is 11.3. The van der Waals surface area contributed by atoms with E-state index in [-0.39, 0.29) is 17.4 Å². The quantitative estimate of drug-likeness (QED) is 0.636. The number of rotatable bonds is 3. The molecule has 0 aromatic carbocycles. The number of hydrogen-bond donors (Lipinski definition) is 3. The maximum absolute atomic E-state index is 11.3. The number of aliphatic hydroxyl groups excluding tert-OH is 1. The van der Waals surface area contributed by atoms with Gasteiger partial charge in [-0.05, 0) is 19.8 Å². The van der Waals surface area contributed by atoms with Crippen molar-refractivity contribution < 1.29 is 9.90 Å². The molecule has 1 aliphatic rings. The smallest absolute Gasteiger partial charge is 0.236 e. The van der Waals surface area contributed by atoms with Crippen LogP contribution in [0.5, 0.6) is 0 Å². The Bertz CT molecular complexity index is 231. The average Bonchev–Trinajstić information content (AvgIpc) is 2.19. The highest BCUT2D eigenvalue weighted by Crippen LogP contribution is 2.35. The first-order chi connectivity index (χ1) is 6.96. The highest BCUT2D eigenvalue weighted by atomic mass is 16.3. The van der Waals surface area contributed by atoms with Crippen LogP contribution in [0.4, 0.5) is 0 Å². The minimum Gasteiger partial charge on any atom is -0.392 e. The van der Waals surface area contributed by atoms with Crippen molar-refractivity contribution >= 4 is 5.91 Å². The van der Waals surface area contributed by atoms with E-state index in [2.05, 4.69) is 5.32 Å². The van der Waals surface area contributed by atoms with Gasteiger partial charge >= 0.3 is 0 Å². The Hall–Kier alpha value is -0.610. The number of amides is 1. The lowest BCUT2D eigenvalue weighted by atomic mass is 9.73. The molecule has 88 valence electrons. The molecule has 4 heteroatoms. The third-order valence-corrected chi connectivity index (χ3v) is 3.36. The van der Waals surface area contributed by atoms with Crippen LogP contribution in [0.1, 0.15) is 39.5 Å². The SMILES string of the molecule is C[C@H](N)C(=O)NCC1(C)CCCCC1O. The summed E-state index contributed by atoms with van der Waals surface area (Å²) in [5.41, 5.74) is 5.28. The van der Waals surface area contributed by atoms with Gasteiger partial charge in [-0.3, -0.25) is 4.79 Å². The van der Waals surface area contributed by atoms with Gasteiger partial charge in [0.25, 0.3) is 0 Å². The van der Waals surface area contributed by atoms with Crippen molar-refractivity contribution in [2.75, 3.05) is 6.54 Å². The van der Waals surface area contributed by atoms with Crippen molar-refractivity contribution in [3.05, 3.63) is 0 Å². The third-order valence-electron chi connectivity index (χ3n) is 3.36. The monoisotopic (exact) mass is 214 g/mol. The maximum Gasteiger partial charge on any atom is 0.236 e. The fourth-order valence-electron chi connectivity index (χ4n) is 2.04. The van der Waals surface area contributed by atoms with Crippen molar-refractivity contribution in [2.24, 2.45) is 11.1 Å². The van der Waals surface area contributed by atoms with Crippen LogP contribution in [-0.4, -0.2) is 29.7 Å². The Kier molecular flexibility index (Phi) is 4.11. The first kappa shape index (κ1) is 12.5. The second-order valence-electron chi connectivity index (χ2n) is 4.92. The molecule has 0 saturated heterocycles. The van der Waals surface area contributed by atoms with Gasteiger partial charge in [0.2, 0.25) is 5.91 Å². The van der Waals surface area contributed by atoms with E-state index in [1.165, 1.54) is 0 Å². The topological polar surface area (TPSA) is 75.4 Å². The van der Waals surface area contributed by atoms with Crippen molar-refractivity contribution in [1.82, 2.24) is 5.32 Å². The summed E-state index contributed by atoms with van der Waals surface area (Å²) in [7, 11) is 0. The Balaban J connectivity index is 2.44. The molecule has 0 heterocycles. The van der Waals surface area contributed by atoms with E-state index in [4.69, 9.17) is 5.73 Å². The minimum absolute atomic E-state index is 0.144. The lowest BCUT2D eigenvalue weighted by Crippen LogP contribution is -2.48. The van der Waals surface area contributed by atoms with Crippen LogP contribution >= 0.6 is 0 Å². The van der Waals surface area contributed by atoms with Crippen molar-refractivity contribution in [2.45, 2.75) is 51.7 Å². The highest BCUT2D eigenvalue weighted by molar-refractivity contribution is 5.80. The summed E-state index contributed by atoms with van der Waals surface area (Å²) < 4.78 is 0. The van der Waals surface area contributed by atoms with E-state index in [9.17, 15) is 9.90 Å². The summed E-state index contributed by atoms with van der Waals surface area (Å²) in [6.07, 6.45) is 3.71. The van der Waals surface area contributed by atoms with E-state index >= 15 is 0 Å². The van der Waals surface area contributed by atoms with Crippen LogP contribution in [0.15, 0.2) is 0 Å². The van der Waals surface area contributed by atoms with E-state index in [1.54, 1.807) is 6.92 Å². The number of nitrogens with two attached hydrogens (primary N) is 1. The molecule has 1 fully saturated rings. The first-order valence-electron chi connectivity index (χ1n) is 5.67. The summed E-state index contributed by atoms with van der Waals surface area (Å²) in [5, 5.41) is 12.7. The van der Waals surface area contributed by atoms with Crippen LogP contribution in [-0.2, 0) is 4.79 Å². The van der Waals surface area contributed by atoms with E-state index in [0.29, 0.717) is 6.54 Å².